The third kappa shape index (κ3) is 4.31. The summed E-state index contributed by atoms with van der Waals surface area (Å²) in [5, 5.41) is 32.4. The van der Waals surface area contributed by atoms with Crippen LogP contribution in [0.15, 0.2) is 48.7 Å². The number of carbonyl (C=O) groups excluding carboxylic acids is 1. The van der Waals surface area contributed by atoms with Crippen molar-refractivity contribution in [3.05, 3.63) is 70.5 Å². The summed E-state index contributed by atoms with van der Waals surface area (Å²) in [4.78, 5) is 16.3. The van der Waals surface area contributed by atoms with Gasteiger partial charge in [-0.2, -0.15) is 15.0 Å². The van der Waals surface area contributed by atoms with E-state index in [1.54, 1.807) is 36.9 Å². The lowest BCUT2D eigenvalue weighted by atomic mass is 10.1. The molecule has 2 heterocycles. The Balaban J connectivity index is 1.73. The molecule has 166 valence electrons. The lowest BCUT2D eigenvalue weighted by Crippen LogP contribution is -2.11. The number of aryl methyl sites for hydroxylation is 1. The molecule has 0 aliphatic rings. The fraction of sp³-hybridized carbons (Fsp3) is 0.167. The fourth-order valence-corrected chi connectivity index (χ4v) is 3.77. The molecule has 3 N–H and O–H groups in total. The topological polar surface area (TPSA) is 116 Å². The molecule has 33 heavy (non-hydrogen) atoms. The standard InChI is InChI=1S/C24H21ClN6O2/c1-3-21(32)29-20-11-15(10-19(25)22(20)33)13-28-24-18(12-26)14(2)30-31(24)23-17-7-5-4-6-16(17)8-9-27-23/h4-11,28,33H,3,13H2,1-2H3,(H,29,32). The van der Waals surface area contributed by atoms with Crippen molar-refractivity contribution in [1.82, 2.24) is 14.8 Å². The molecule has 0 fully saturated rings. The molecule has 0 saturated heterocycles. The molecule has 0 aliphatic heterocycles. The van der Waals surface area contributed by atoms with E-state index < -0.39 is 0 Å². The van der Waals surface area contributed by atoms with Crippen molar-refractivity contribution >= 4 is 39.8 Å². The first-order chi connectivity index (χ1) is 15.9. The van der Waals surface area contributed by atoms with Gasteiger partial charge in [0.05, 0.1) is 16.4 Å². The molecule has 0 radical (unpaired) electrons. The van der Waals surface area contributed by atoms with Gasteiger partial charge in [-0.05, 0) is 36.1 Å². The molecule has 8 nitrogen and oxygen atoms in total. The van der Waals surface area contributed by atoms with Crippen molar-refractivity contribution in [2.75, 3.05) is 10.6 Å². The number of amides is 1. The predicted octanol–water partition coefficient (Wildman–Crippen LogP) is 4.92. The molecule has 0 saturated carbocycles. The molecule has 0 spiro atoms. The summed E-state index contributed by atoms with van der Waals surface area (Å²) in [5.41, 5.74) is 1.89. The maximum Gasteiger partial charge on any atom is 0.224 e. The maximum absolute atomic E-state index is 11.8. The Bertz CT molecular complexity index is 1400. The number of nitriles is 1. The lowest BCUT2D eigenvalue weighted by Gasteiger charge is -2.14. The van der Waals surface area contributed by atoms with Crippen molar-refractivity contribution in [1.29, 1.82) is 5.26 Å². The van der Waals surface area contributed by atoms with Gasteiger partial charge >= 0.3 is 0 Å². The number of aromatic nitrogens is 3. The Hall–Kier alpha value is -4.09. The first kappa shape index (κ1) is 22.1. The Morgan fingerprint density at radius 2 is 2.06 bits per heavy atom. The van der Waals surface area contributed by atoms with E-state index in [0.717, 1.165) is 10.8 Å². The minimum absolute atomic E-state index is 0.113. The molecule has 0 bridgehead atoms. The fourth-order valence-electron chi connectivity index (χ4n) is 3.53. The van der Waals surface area contributed by atoms with Crippen LogP contribution in [0.2, 0.25) is 5.02 Å². The maximum atomic E-state index is 11.8. The molecule has 4 aromatic rings. The first-order valence-corrected chi connectivity index (χ1v) is 10.7. The number of halogens is 1. The Kier molecular flexibility index (Phi) is 6.16. The number of pyridine rings is 1. The summed E-state index contributed by atoms with van der Waals surface area (Å²) in [5.74, 6) is 0.650. The second kappa shape index (κ2) is 9.18. The van der Waals surface area contributed by atoms with Gasteiger partial charge < -0.3 is 15.7 Å². The summed E-state index contributed by atoms with van der Waals surface area (Å²) >= 11 is 6.17. The van der Waals surface area contributed by atoms with Crippen LogP contribution in [0.3, 0.4) is 0 Å². The normalized spacial score (nSPS) is 10.7. The summed E-state index contributed by atoms with van der Waals surface area (Å²) in [6.07, 6.45) is 1.97. The smallest absolute Gasteiger partial charge is 0.224 e. The zero-order chi connectivity index (χ0) is 23.5. The zero-order valence-electron chi connectivity index (χ0n) is 18.1. The van der Waals surface area contributed by atoms with Crippen LogP contribution in [-0.4, -0.2) is 25.8 Å². The van der Waals surface area contributed by atoms with Crippen LogP contribution in [0.25, 0.3) is 16.6 Å². The quantitative estimate of drug-likeness (QED) is 0.352. The van der Waals surface area contributed by atoms with Crippen molar-refractivity contribution < 1.29 is 9.90 Å². The van der Waals surface area contributed by atoms with E-state index in [2.05, 4.69) is 26.8 Å². The van der Waals surface area contributed by atoms with Gasteiger partial charge in [-0.25, -0.2) is 4.98 Å². The van der Waals surface area contributed by atoms with E-state index in [-0.39, 0.29) is 35.3 Å². The molecule has 9 heteroatoms. The summed E-state index contributed by atoms with van der Waals surface area (Å²) in [6.45, 7) is 3.74. The number of carbonyl (C=O) groups is 1. The van der Waals surface area contributed by atoms with Crippen LogP contribution in [0.5, 0.6) is 5.75 Å². The van der Waals surface area contributed by atoms with E-state index in [1.165, 1.54) is 0 Å². The molecule has 0 unspecified atom stereocenters. The average molecular weight is 461 g/mol. The molecule has 1 amide bonds. The van der Waals surface area contributed by atoms with Crippen LogP contribution in [0, 0.1) is 18.3 Å². The minimum atomic E-state index is -0.242. The summed E-state index contributed by atoms with van der Waals surface area (Å²) < 4.78 is 1.62. The minimum Gasteiger partial charge on any atom is -0.504 e. The first-order valence-electron chi connectivity index (χ1n) is 10.3. The molecule has 0 atom stereocenters. The van der Waals surface area contributed by atoms with Crippen LogP contribution in [0.4, 0.5) is 11.5 Å². The van der Waals surface area contributed by atoms with E-state index in [9.17, 15) is 15.2 Å². The van der Waals surface area contributed by atoms with Crippen molar-refractivity contribution in [2.24, 2.45) is 0 Å². The van der Waals surface area contributed by atoms with Gasteiger partial charge in [0.2, 0.25) is 5.91 Å². The van der Waals surface area contributed by atoms with Gasteiger partial charge in [-0.15, -0.1) is 0 Å². The largest absolute Gasteiger partial charge is 0.504 e. The molecular formula is C24H21ClN6O2. The van der Waals surface area contributed by atoms with Gasteiger partial charge in [0.15, 0.2) is 11.6 Å². The highest BCUT2D eigenvalue weighted by Gasteiger charge is 2.19. The number of anilines is 2. The number of nitrogens with one attached hydrogen (secondary N) is 2. The number of aromatic hydroxyl groups is 1. The predicted molar refractivity (Wildman–Crippen MR) is 128 cm³/mol. The lowest BCUT2D eigenvalue weighted by molar-refractivity contribution is -0.115. The third-order valence-electron chi connectivity index (χ3n) is 5.20. The van der Waals surface area contributed by atoms with Crippen LogP contribution in [0.1, 0.15) is 30.2 Å². The second-order valence-corrected chi connectivity index (χ2v) is 7.82. The van der Waals surface area contributed by atoms with Crippen molar-refractivity contribution in [2.45, 2.75) is 26.8 Å². The third-order valence-corrected chi connectivity index (χ3v) is 5.49. The number of hydrogen-bond donors (Lipinski definition) is 3. The van der Waals surface area contributed by atoms with E-state index >= 15 is 0 Å². The molecular weight excluding hydrogens is 440 g/mol. The number of nitrogens with zero attached hydrogens (tertiary/aromatic N) is 4. The second-order valence-electron chi connectivity index (χ2n) is 7.42. The van der Waals surface area contributed by atoms with E-state index in [0.29, 0.717) is 28.5 Å². The molecule has 2 aromatic carbocycles. The van der Waals surface area contributed by atoms with E-state index in [4.69, 9.17) is 11.6 Å². The van der Waals surface area contributed by atoms with Crippen LogP contribution < -0.4 is 10.6 Å². The van der Waals surface area contributed by atoms with Gasteiger partial charge in [0.25, 0.3) is 0 Å². The highest BCUT2D eigenvalue weighted by atomic mass is 35.5. The summed E-state index contributed by atoms with van der Waals surface area (Å²) in [7, 11) is 0. The number of fused-ring (bicyclic) bond motifs is 1. The Morgan fingerprint density at radius 3 is 2.82 bits per heavy atom. The van der Waals surface area contributed by atoms with Gasteiger partial charge in [-0.1, -0.05) is 42.8 Å². The SMILES string of the molecule is CCC(=O)Nc1cc(CNc2c(C#N)c(C)nn2-c2nccc3ccccc23)cc(Cl)c1O. The van der Waals surface area contributed by atoms with Gasteiger partial charge in [-0.3, -0.25) is 4.79 Å². The highest BCUT2D eigenvalue weighted by Crippen LogP contribution is 2.34. The highest BCUT2D eigenvalue weighted by molar-refractivity contribution is 6.32. The monoisotopic (exact) mass is 460 g/mol. The van der Waals surface area contributed by atoms with Gasteiger partial charge in [0, 0.05) is 24.5 Å². The van der Waals surface area contributed by atoms with Gasteiger partial charge in [0.1, 0.15) is 17.5 Å². The van der Waals surface area contributed by atoms with Crippen molar-refractivity contribution in [3.63, 3.8) is 0 Å². The Labute approximate surface area is 195 Å². The molecule has 4 rings (SSSR count). The number of phenolic OH excluding ortho intramolecular Hbond substituents is 1. The van der Waals surface area contributed by atoms with Crippen molar-refractivity contribution in [3.8, 4) is 17.6 Å². The zero-order valence-corrected chi connectivity index (χ0v) is 18.8. The molecule has 2 aromatic heterocycles. The number of phenols is 1. The summed E-state index contributed by atoms with van der Waals surface area (Å²) in [6, 6.07) is 15.2. The number of rotatable bonds is 6. The average Bonchev–Trinajstić information content (AvgIpc) is 3.14. The van der Waals surface area contributed by atoms with E-state index in [1.807, 2.05) is 30.3 Å². The number of hydrogen-bond acceptors (Lipinski definition) is 6. The Morgan fingerprint density at radius 1 is 1.27 bits per heavy atom. The van der Waals surface area contributed by atoms with Crippen LogP contribution >= 0.6 is 11.6 Å². The van der Waals surface area contributed by atoms with Crippen LogP contribution in [-0.2, 0) is 11.3 Å². The number of benzene rings is 2. The molecule has 0 aliphatic carbocycles.